The van der Waals surface area contributed by atoms with Crippen molar-refractivity contribution in [3.05, 3.63) is 71.9 Å². The molecule has 2 heterocycles. The zero-order valence-corrected chi connectivity index (χ0v) is 20.3. The minimum Gasteiger partial charge on any atom is -0.494 e. The topological polar surface area (TPSA) is 102 Å². The number of aromatic nitrogens is 2. The first-order valence-electron chi connectivity index (χ1n) is 12.3. The van der Waals surface area contributed by atoms with E-state index in [1.165, 1.54) is 38.2 Å². The van der Waals surface area contributed by atoms with Crippen LogP contribution in [0.3, 0.4) is 0 Å². The molecule has 0 atom stereocenters. The summed E-state index contributed by atoms with van der Waals surface area (Å²) in [5.74, 6) is -0.722. The third kappa shape index (κ3) is 6.27. The molecule has 2 N–H and O–H groups in total. The summed E-state index contributed by atoms with van der Waals surface area (Å²) >= 11 is 0. The number of barbiturate groups is 1. The summed E-state index contributed by atoms with van der Waals surface area (Å²) in [5, 5.41) is 8.93. The monoisotopic (exact) mass is 486 g/mol. The quantitative estimate of drug-likeness (QED) is 0.225. The van der Waals surface area contributed by atoms with Crippen molar-refractivity contribution in [3.8, 4) is 22.7 Å². The third-order valence-electron chi connectivity index (χ3n) is 5.90. The molecule has 8 heteroatoms. The molecule has 0 saturated carbocycles. The molecule has 1 aliphatic rings. The molecule has 3 aromatic rings. The number of unbranched alkanes of at least 4 members (excludes halogenated alkanes) is 5. The second-order valence-corrected chi connectivity index (χ2v) is 8.65. The minimum absolute atomic E-state index is 0.164. The Morgan fingerprint density at radius 3 is 2.22 bits per heavy atom. The van der Waals surface area contributed by atoms with Gasteiger partial charge in [0.1, 0.15) is 11.3 Å². The van der Waals surface area contributed by atoms with Crippen molar-refractivity contribution in [1.82, 2.24) is 20.4 Å². The Labute approximate surface area is 210 Å². The fourth-order valence-corrected chi connectivity index (χ4v) is 3.97. The first-order chi connectivity index (χ1) is 17.5. The maximum Gasteiger partial charge on any atom is 0.328 e. The highest BCUT2D eigenvalue weighted by Gasteiger charge is 2.28. The van der Waals surface area contributed by atoms with Gasteiger partial charge in [-0.3, -0.25) is 20.2 Å². The Hall–Kier alpha value is -4.20. The van der Waals surface area contributed by atoms with Crippen LogP contribution in [0.4, 0.5) is 4.79 Å². The summed E-state index contributed by atoms with van der Waals surface area (Å²) in [5.41, 5.74) is 2.62. The SMILES string of the molecule is CCCCCCCCOc1ccc(-c2nn(-c3ccccc3)cc2C=C2C(=O)NC(=O)NC2=O)cc1. The number of carbonyl (C=O) groups excluding carboxylic acids is 3. The number of nitrogens with zero attached hydrogens (tertiary/aromatic N) is 2. The van der Waals surface area contributed by atoms with E-state index < -0.39 is 17.8 Å². The van der Waals surface area contributed by atoms with Gasteiger partial charge in [0.2, 0.25) is 0 Å². The molecular weight excluding hydrogens is 456 g/mol. The lowest BCUT2D eigenvalue weighted by Crippen LogP contribution is -2.51. The number of urea groups is 1. The molecule has 1 aliphatic heterocycles. The maximum atomic E-state index is 12.3. The van der Waals surface area contributed by atoms with E-state index in [0.29, 0.717) is 17.9 Å². The van der Waals surface area contributed by atoms with Crippen molar-refractivity contribution in [2.45, 2.75) is 45.4 Å². The minimum atomic E-state index is -0.834. The van der Waals surface area contributed by atoms with Crippen LogP contribution in [0.2, 0.25) is 0 Å². The van der Waals surface area contributed by atoms with Crippen LogP contribution in [0, 0.1) is 0 Å². The number of hydrogen-bond donors (Lipinski definition) is 2. The van der Waals surface area contributed by atoms with Gasteiger partial charge in [-0.15, -0.1) is 0 Å². The van der Waals surface area contributed by atoms with Crippen molar-refractivity contribution in [3.63, 3.8) is 0 Å². The van der Waals surface area contributed by atoms with Crippen molar-refractivity contribution >= 4 is 23.9 Å². The van der Waals surface area contributed by atoms with Gasteiger partial charge in [0, 0.05) is 17.3 Å². The van der Waals surface area contributed by atoms with Crippen molar-refractivity contribution in [1.29, 1.82) is 0 Å². The summed E-state index contributed by atoms with van der Waals surface area (Å²) in [6, 6.07) is 16.3. The largest absolute Gasteiger partial charge is 0.494 e. The number of hydrogen-bond acceptors (Lipinski definition) is 5. The smallest absolute Gasteiger partial charge is 0.328 e. The van der Waals surface area contributed by atoms with Gasteiger partial charge < -0.3 is 4.74 Å². The van der Waals surface area contributed by atoms with Crippen molar-refractivity contribution < 1.29 is 19.1 Å². The van der Waals surface area contributed by atoms with E-state index >= 15 is 0 Å². The molecular formula is C28H30N4O4. The first-order valence-corrected chi connectivity index (χ1v) is 12.3. The van der Waals surface area contributed by atoms with Gasteiger partial charge in [0.15, 0.2) is 0 Å². The van der Waals surface area contributed by atoms with Crippen molar-refractivity contribution in [2.75, 3.05) is 6.61 Å². The van der Waals surface area contributed by atoms with E-state index in [4.69, 9.17) is 9.84 Å². The van der Waals surface area contributed by atoms with Crippen LogP contribution < -0.4 is 15.4 Å². The van der Waals surface area contributed by atoms with Gasteiger partial charge in [-0.2, -0.15) is 5.10 Å². The Balaban J connectivity index is 1.55. The fourth-order valence-electron chi connectivity index (χ4n) is 3.97. The predicted molar refractivity (Wildman–Crippen MR) is 138 cm³/mol. The molecule has 1 aromatic heterocycles. The number of benzene rings is 2. The average Bonchev–Trinajstić information content (AvgIpc) is 3.30. The van der Waals surface area contributed by atoms with Crippen molar-refractivity contribution in [2.24, 2.45) is 0 Å². The maximum absolute atomic E-state index is 12.3. The van der Waals surface area contributed by atoms with Crippen LogP contribution in [0.1, 0.15) is 51.0 Å². The number of nitrogens with one attached hydrogen (secondary N) is 2. The zero-order valence-electron chi connectivity index (χ0n) is 20.3. The highest BCUT2D eigenvalue weighted by molar-refractivity contribution is 6.31. The summed E-state index contributed by atoms with van der Waals surface area (Å²) in [6.07, 6.45) is 10.4. The number of rotatable bonds is 11. The molecule has 0 spiro atoms. The standard InChI is InChI=1S/C28H30N4O4/c1-2-3-4-5-6-10-17-36-23-15-13-20(14-16-23)25-21(18-24-26(33)29-28(35)30-27(24)34)19-32(31-25)22-11-8-7-9-12-22/h7-9,11-16,18-19H,2-6,10,17H2,1H3,(H2,29,30,33,34,35). The summed E-state index contributed by atoms with van der Waals surface area (Å²) in [6.45, 7) is 2.89. The second kappa shape index (κ2) is 12.0. The number of amides is 4. The Kier molecular flexibility index (Phi) is 8.28. The molecule has 1 saturated heterocycles. The van der Waals surface area contributed by atoms with E-state index in [1.807, 2.05) is 54.6 Å². The molecule has 2 aromatic carbocycles. The molecule has 186 valence electrons. The second-order valence-electron chi connectivity index (χ2n) is 8.65. The number of ether oxygens (including phenoxy) is 1. The summed E-state index contributed by atoms with van der Waals surface area (Å²) < 4.78 is 7.58. The summed E-state index contributed by atoms with van der Waals surface area (Å²) in [4.78, 5) is 36.0. The highest BCUT2D eigenvalue weighted by Crippen LogP contribution is 2.28. The van der Waals surface area contributed by atoms with Crippen LogP contribution >= 0.6 is 0 Å². The lowest BCUT2D eigenvalue weighted by atomic mass is 10.0. The van der Waals surface area contributed by atoms with Crippen LogP contribution in [-0.2, 0) is 9.59 Å². The van der Waals surface area contributed by atoms with Gasteiger partial charge in [0.25, 0.3) is 11.8 Å². The van der Waals surface area contributed by atoms with Crippen LogP contribution in [0.15, 0.2) is 66.4 Å². The molecule has 36 heavy (non-hydrogen) atoms. The van der Waals surface area contributed by atoms with E-state index in [9.17, 15) is 14.4 Å². The molecule has 4 rings (SSSR count). The zero-order chi connectivity index (χ0) is 25.3. The summed E-state index contributed by atoms with van der Waals surface area (Å²) in [7, 11) is 0. The third-order valence-corrected chi connectivity index (χ3v) is 5.90. The predicted octanol–water partition coefficient (Wildman–Crippen LogP) is 5.03. The normalized spacial score (nSPS) is 13.4. The van der Waals surface area contributed by atoms with Gasteiger partial charge in [-0.05, 0) is 48.9 Å². The molecule has 0 aliphatic carbocycles. The van der Waals surface area contributed by atoms with E-state index in [1.54, 1.807) is 10.9 Å². The molecule has 1 fully saturated rings. The van der Waals surface area contributed by atoms with Gasteiger partial charge in [0.05, 0.1) is 18.0 Å². The molecule has 0 radical (unpaired) electrons. The Morgan fingerprint density at radius 2 is 1.53 bits per heavy atom. The lowest BCUT2D eigenvalue weighted by molar-refractivity contribution is -0.123. The Morgan fingerprint density at radius 1 is 0.861 bits per heavy atom. The fraction of sp³-hybridized carbons (Fsp3) is 0.286. The highest BCUT2D eigenvalue weighted by atomic mass is 16.5. The van der Waals surface area contributed by atoms with Gasteiger partial charge in [-0.25, -0.2) is 9.48 Å². The first kappa shape index (κ1) is 24.9. The lowest BCUT2D eigenvalue weighted by Gasteiger charge is -2.13. The van der Waals surface area contributed by atoms with E-state index in [-0.39, 0.29) is 5.57 Å². The molecule has 0 bridgehead atoms. The van der Waals surface area contributed by atoms with Crippen LogP contribution in [-0.4, -0.2) is 34.2 Å². The molecule has 8 nitrogen and oxygen atoms in total. The van der Waals surface area contributed by atoms with Crippen LogP contribution in [0.5, 0.6) is 5.75 Å². The Bertz CT molecular complexity index is 1220. The molecule has 0 unspecified atom stereocenters. The number of para-hydroxylation sites is 1. The number of imide groups is 2. The average molecular weight is 487 g/mol. The van der Waals surface area contributed by atoms with Crippen LogP contribution in [0.25, 0.3) is 23.0 Å². The number of carbonyl (C=O) groups is 3. The van der Waals surface area contributed by atoms with E-state index in [0.717, 1.165) is 23.4 Å². The van der Waals surface area contributed by atoms with Gasteiger partial charge >= 0.3 is 6.03 Å². The molecule has 4 amide bonds. The van der Waals surface area contributed by atoms with E-state index in [2.05, 4.69) is 17.6 Å². The van der Waals surface area contributed by atoms with Gasteiger partial charge in [-0.1, -0.05) is 57.2 Å².